The van der Waals surface area contributed by atoms with Crippen molar-refractivity contribution in [3.05, 3.63) is 71.5 Å². The molecule has 0 N–H and O–H groups in total. The molecule has 0 amide bonds. The molecule has 2 nitrogen and oxygen atoms in total. The Labute approximate surface area is 111 Å². The van der Waals surface area contributed by atoms with Crippen LogP contribution in [0.2, 0.25) is 0 Å². The van der Waals surface area contributed by atoms with Gasteiger partial charge in [-0.1, -0.05) is 30.3 Å². The minimum atomic E-state index is -0.743. The summed E-state index contributed by atoms with van der Waals surface area (Å²) in [6.45, 7) is 0. The molecule has 0 bridgehead atoms. The van der Waals surface area contributed by atoms with Crippen molar-refractivity contribution < 1.29 is 9.18 Å². The highest BCUT2D eigenvalue weighted by Crippen LogP contribution is 2.15. The summed E-state index contributed by atoms with van der Waals surface area (Å²) in [5.74, 6) is -1.41. The van der Waals surface area contributed by atoms with Crippen LogP contribution in [0, 0.1) is 23.1 Å². The maximum atomic E-state index is 12.8. The highest BCUT2D eigenvalue weighted by Gasteiger charge is 2.19. The van der Waals surface area contributed by atoms with E-state index in [1.165, 1.54) is 24.3 Å². The Morgan fingerprint density at radius 3 is 2.32 bits per heavy atom. The third kappa shape index (κ3) is 3.26. The van der Waals surface area contributed by atoms with Crippen LogP contribution >= 0.6 is 0 Å². The smallest absolute Gasteiger partial charge is 0.180 e. The van der Waals surface area contributed by atoms with Gasteiger partial charge in [0.2, 0.25) is 0 Å². The second kappa shape index (κ2) is 5.92. The molecule has 0 heterocycles. The van der Waals surface area contributed by atoms with Crippen LogP contribution in [0.25, 0.3) is 0 Å². The Morgan fingerprint density at radius 2 is 1.74 bits per heavy atom. The molecule has 0 aromatic heterocycles. The average Bonchev–Trinajstić information content (AvgIpc) is 2.46. The number of nitriles is 1. The number of benzene rings is 2. The van der Waals surface area contributed by atoms with E-state index in [1.807, 2.05) is 36.4 Å². The van der Waals surface area contributed by atoms with Gasteiger partial charge in [-0.2, -0.15) is 5.26 Å². The molecule has 2 aromatic rings. The summed E-state index contributed by atoms with van der Waals surface area (Å²) >= 11 is 0. The summed E-state index contributed by atoms with van der Waals surface area (Å²) < 4.78 is 12.8. The molecule has 0 saturated heterocycles. The Balaban J connectivity index is 2.16. The highest BCUT2D eigenvalue weighted by atomic mass is 19.1. The fourth-order valence-corrected chi connectivity index (χ4v) is 1.86. The maximum Gasteiger partial charge on any atom is 0.180 e. The fourth-order valence-electron chi connectivity index (χ4n) is 1.86. The monoisotopic (exact) mass is 253 g/mol. The van der Waals surface area contributed by atoms with Gasteiger partial charge in [-0.3, -0.25) is 4.79 Å². The highest BCUT2D eigenvalue weighted by molar-refractivity contribution is 5.99. The van der Waals surface area contributed by atoms with E-state index >= 15 is 0 Å². The Bertz CT molecular complexity index is 599. The van der Waals surface area contributed by atoms with E-state index in [4.69, 9.17) is 5.26 Å². The van der Waals surface area contributed by atoms with Gasteiger partial charge in [0.15, 0.2) is 5.78 Å². The number of Topliss-reactive ketones (excluding diaryl/α,β-unsaturated/α-hetero) is 1. The van der Waals surface area contributed by atoms with Crippen molar-refractivity contribution in [2.24, 2.45) is 5.92 Å². The molecule has 19 heavy (non-hydrogen) atoms. The lowest BCUT2D eigenvalue weighted by Gasteiger charge is -2.08. The first-order valence-electron chi connectivity index (χ1n) is 5.94. The van der Waals surface area contributed by atoms with Crippen molar-refractivity contribution in [3.63, 3.8) is 0 Å². The van der Waals surface area contributed by atoms with Crippen molar-refractivity contribution >= 4 is 5.78 Å². The van der Waals surface area contributed by atoms with E-state index in [0.29, 0.717) is 12.0 Å². The topological polar surface area (TPSA) is 40.9 Å². The molecule has 0 aliphatic rings. The molecule has 1 atom stereocenters. The number of carbonyl (C=O) groups is 1. The summed E-state index contributed by atoms with van der Waals surface area (Å²) in [7, 11) is 0. The maximum absolute atomic E-state index is 12.8. The van der Waals surface area contributed by atoms with Crippen LogP contribution in [0.3, 0.4) is 0 Å². The van der Waals surface area contributed by atoms with Crippen molar-refractivity contribution in [2.45, 2.75) is 6.42 Å². The molecule has 0 aliphatic carbocycles. The van der Waals surface area contributed by atoms with Crippen molar-refractivity contribution in [3.8, 4) is 6.07 Å². The second-order valence-corrected chi connectivity index (χ2v) is 4.24. The van der Waals surface area contributed by atoms with Gasteiger partial charge >= 0.3 is 0 Å². The quantitative estimate of drug-likeness (QED) is 0.783. The number of hydrogen-bond donors (Lipinski definition) is 0. The Hall–Kier alpha value is -2.47. The van der Waals surface area contributed by atoms with E-state index in [0.717, 1.165) is 5.56 Å². The van der Waals surface area contributed by atoms with E-state index in [9.17, 15) is 9.18 Å². The SMILES string of the molecule is N#CC(Cc1ccccc1)C(=O)c1ccc(F)cc1. The van der Waals surface area contributed by atoms with Crippen LogP contribution in [0.1, 0.15) is 15.9 Å². The Kier molecular flexibility index (Phi) is 4.04. The molecule has 2 aromatic carbocycles. The summed E-state index contributed by atoms with van der Waals surface area (Å²) in [5.41, 5.74) is 1.30. The molecule has 2 rings (SSSR count). The number of carbonyl (C=O) groups excluding carboxylic acids is 1. The van der Waals surface area contributed by atoms with Crippen molar-refractivity contribution in [1.82, 2.24) is 0 Å². The summed E-state index contributed by atoms with van der Waals surface area (Å²) in [6.07, 6.45) is 0.369. The van der Waals surface area contributed by atoms with Crippen LogP contribution in [-0.2, 0) is 6.42 Å². The van der Waals surface area contributed by atoms with Gasteiger partial charge in [0.1, 0.15) is 11.7 Å². The molecule has 0 fully saturated rings. The molecule has 0 spiro atoms. The average molecular weight is 253 g/mol. The summed E-state index contributed by atoms with van der Waals surface area (Å²) in [6, 6.07) is 16.7. The van der Waals surface area contributed by atoms with Gasteiger partial charge in [0.05, 0.1) is 6.07 Å². The molecule has 3 heteroatoms. The largest absolute Gasteiger partial charge is 0.293 e. The number of halogens is 1. The van der Waals surface area contributed by atoms with E-state index < -0.39 is 11.7 Å². The van der Waals surface area contributed by atoms with Gasteiger partial charge in [0.25, 0.3) is 0 Å². The molecule has 0 radical (unpaired) electrons. The predicted molar refractivity (Wildman–Crippen MR) is 70.0 cm³/mol. The molecule has 0 aliphatic heterocycles. The van der Waals surface area contributed by atoms with Crippen LogP contribution in [0.5, 0.6) is 0 Å². The first kappa shape index (κ1) is 13.0. The number of rotatable bonds is 4. The zero-order valence-electron chi connectivity index (χ0n) is 10.2. The second-order valence-electron chi connectivity index (χ2n) is 4.24. The minimum absolute atomic E-state index is 0.272. The third-order valence-electron chi connectivity index (χ3n) is 2.88. The van der Waals surface area contributed by atoms with Crippen molar-refractivity contribution in [1.29, 1.82) is 5.26 Å². The van der Waals surface area contributed by atoms with Gasteiger partial charge in [-0.15, -0.1) is 0 Å². The number of ketones is 1. The van der Waals surface area contributed by atoms with E-state index in [-0.39, 0.29) is 5.78 Å². The van der Waals surface area contributed by atoms with Gasteiger partial charge in [-0.25, -0.2) is 4.39 Å². The lowest BCUT2D eigenvalue weighted by molar-refractivity contribution is 0.0948. The molecular weight excluding hydrogens is 241 g/mol. The summed E-state index contributed by atoms with van der Waals surface area (Å²) in [5, 5.41) is 9.13. The zero-order chi connectivity index (χ0) is 13.7. The first-order valence-corrected chi connectivity index (χ1v) is 5.94. The predicted octanol–water partition coefficient (Wildman–Crippen LogP) is 3.39. The van der Waals surface area contributed by atoms with E-state index in [2.05, 4.69) is 0 Å². The molecule has 0 saturated carbocycles. The van der Waals surface area contributed by atoms with Crippen LogP contribution < -0.4 is 0 Å². The van der Waals surface area contributed by atoms with Crippen LogP contribution in [0.4, 0.5) is 4.39 Å². The Morgan fingerprint density at radius 1 is 1.11 bits per heavy atom. The van der Waals surface area contributed by atoms with Gasteiger partial charge < -0.3 is 0 Å². The van der Waals surface area contributed by atoms with Crippen molar-refractivity contribution in [2.75, 3.05) is 0 Å². The lowest BCUT2D eigenvalue weighted by atomic mass is 9.92. The van der Waals surface area contributed by atoms with E-state index in [1.54, 1.807) is 0 Å². The lowest BCUT2D eigenvalue weighted by Crippen LogP contribution is -2.15. The third-order valence-corrected chi connectivity index (χ3v) is 2.88. The number of hydrogen-bond acceptors (Lipinski definition) is 2. The van der Waals surface area contributed by atoms with Gasteiger partial charge in [0, 0.05) is 5.56 Å². The molecule has 1 unspecified atom stereocenters. The summed E-state index contributed by atoms with van der Waals surface area (Å²) in [4.78, 5) is 12.1. The molecule has 94 valence electrons. The normalized spacial score (nSPS) is 11.6. The number of nitrogens with zero attached hydrogens (tertiary/aromatic N) is 1. The first-order chi connectivity index (χ1) is 9.20. The minimum Gasteiger partial charge on any atom is -0.293 e. The zero-order valence-corrected chi connectivity index (χ0v) is 10.2. The standard InChI is InChI=1S/C16H12FNO/c17-15-8-6-13(7-9-15)16(19)14(11-18)10-12-4-2-1-3-5-12/h1-9,14H,10H2. The van der Waals surface area contributed by atoms with Crippen LogP contribution in [-0.4, -0.2) is 5.78 Å². The van der Waals surface area contributed by atoms with Gasteiger partial charge in [-0.05, 0) is 36.2 Å². The molecular formula is C16H12FNO. The van der Waals surface area contributed by atoms with Crippen LogP contribution in [0.15, 0.2) is 54.6 Å². The fraction of sp³-hybridized carbons (Fsp3) is 0.125.